The van der Waals surface area contributed by atoms with E-state index in [-0.39, 0.29) is 24.1 Å². The predicted molar refractivity (Wildman–Crippen MR) is 153 cm³/mol. The predicted octanol–water partition coefficient (Wildman–Crippen LogP) is 5.06. The number of rotatable bonds is 19. The zero-order valence-electron chi connectivity index (χ0n) is 23.7. The molecule has 0 aromatic heterocycles. The summed E-state index contributed by atoms with van der Waals surface area (Å²) in [7, 11) is 0. The Hall–Kier alpha value is -3.79. The van der Waals surface area contributed by atoms with E-state index in [1.807, 2.05) is 6.07 Å². The lowest BCUT2D eigenvalue weighted by molar-refractivity contribution is -0.138. The van der Waals surface area contributed by atoms with Gasteiger partial charge in [0.25, 0.3) is 0 Å². The molecular formula is C31H42O10. The molecule has 2 aromatic carbocycles. The maximum Gasteiger partial charge on any atom is 0.303 e. The van der Waals surface area contributed by atoms with Crippen molar-refractivity contribution in [1.29, 1.82) is 0 Å². The van der Waals surface area contributed by atoms with Crippen LogP contribution in [0.5, 0.6) is 23.0 Å². The standard InChI is InChI=1S/C31H40O9.H2O/c1-2-8-25-28(14-12-24-26(32)16-20-40-31(24)25)39-19-6-3-5-18-38-27-13-11-23(21-22(27)10-15-30(35)36)37-17-7-4-9-29(33)34;/h11-14,21H,2-10,15-20H2,1H3,(H,33,34)(H,35,36);1H2. The van der Waals surface area contributed by atoms with Gasteiger partial charge in [-0.15, -0.1) is 0 Å². The minimum atomic E-state index is -0.884. The molecule has 2 aromatic rings. The van der Waals surface area contributed by atoms with Crippen LogP contribution < -0.4 is 18.9 Å². The normalized spacial score (nSPS) is 12.1. The Balaban J connectivity index is 0.00000588. The Morgan fingerprint density at radius 2 is 1.49 bits per heavy atom. The first-order valence-corrected chi connectivity index (χ1v) is 14.2. The summed E-state index contributed by atoms with van der Waals surface area (Å²) in [4.78, 5) is 34.0. The highest BCUT2D eigenvalue weighted by Gasteiger charge is 2.23. The number of Topliss-reactive ketones (excluding diaryl/α,β-unsaturated/α-hetero) is 1. The quantitative estimate of drug-likeness (QED) is 0.219. The highest BCUT2D eigenvalue weighted by atomic mass is 16.5. The summed E-state index contributed by atoms with van der Waals surface area (Å²) in [5.74, 6) is 1.12. The lowest BCUT2D eigenvalue weighted by Gasteiger charge is -2.22. The second kappa shape index (κ2) is 17.8. The van der Waals surface area contributed by atoms with Crippen molar-refractivity contribution in [2.75, 3.05) is 26.4 Å². The molecule has 3 rings (SSSR count). The average molecular weight is 575 g/mol. The number of hydrogen-bond acceptors (Lipinski definition) is 7. The van der Waals surface area contributed by atoms with Crippen molar-refractivity contribution in [2.24, 2.45) is 0 Å². The number of benzene rings is 2. The van der Waals surface area contributed by atoms with E-state index in [1.165, 1.54) is 0 Å². The summed E-state index contributed by atoms with van der Waals surface area (Å²) in [6.45, 7) is 3.93. The van der Waals surface area contributed by atoms with Gasteiger partial charge in [-0.25, -0.2) is 0 Å². The number of carbonyl (C=O) groups is 3. The Bertz CT molecular complexity index is 1140. The maximum absolute atomic E-state index is 12.2. The van der Waals surface area contributed by atoms with Crippen molar-refractivity contribution in [3.8, 4) is 23.0 Å². The van der Waals surface area contributed by atoms with Crippen LogP contribution in [0.25, 0.3) is 0 Å². The van der Waals surface area contributed by atoms with Crippen LogP contribution >= 0.6 is 0 Å². The van der Waals surface area contributed by atoms with Crippen molar-refractivity contribution in [1.82, 2.24) is 0 Å². The molecule has 226 valence electrons. The van der Waals surface area contributed by atoms with E-state index < -0.39 is 11.9 Å². The highest BCUT2D eigenvalue weighted by Crippen LogP contribution is 2.36. The molecule has 4 N–H and O–H groups in total. The van der Waals surface area contributed by atoms with Gasteiger partial charge in [0.1, 0.15) is 23.0 Å². The number of fused-ring (bicyclic) bond motifs is 1. The van der Waals surface area contributed by atoms with E-state index in [0.29, 0.717) is 74.9 Å². The van der Waals surface area contributed by atoms with Gasteiger partial charge in [-0.05, 0) is 80.8 Å². The fourth-order valence-electron chi connectivity index (χ4n) is 4.53. The largest absolute Gasteiger partial charge is 0.494 e. The topological polar surface area (TPSA) is 160 Å². The van der Waals surface area contributed by atoms with Crippen LogP contribution in [0.1, 0.15) is 86.2 Å². The minimum absolute atomic E-state index is 0. The summed E-state index contributed by atoms with van der Waals surface area (Å²) >= 11 is 0. The lowest BCUT2D eigenvalue weighted by atomic mass is 9.98. The van der Waals surface area contributed by atoms with Crippen LogP contribution in [-0.2, 0) is 22.4 Å². The van der Waals surface area contributed by atoms with Gasteiger partial charge in [0.15, 0.2) is 5.78 Å². The zero-order valence-corrected chi connectivity index (χ0v) is 23.7. The van der Waals surface area contributed by atoms with Crippen molar-refractivity contribution in [3.05, 3.63) is 47.0 Å². The molecule has 1 aliphatic heterocycles. The minimum Gasteiger partial charge on any atom is -0.494 e. The van der Waals surface area contributed by atoms with Gasteiger partial charge in [0, 0.05) is 24.8 Å². The second-order valence-electron chi connectivity index (χ2n) is 9.81. The fraction of sp³-hybridized carbons (Fsp3) is 0.516. The van der Waals surface area contributed by atoms with E-state index >= 15 is 0 Å². The molecule has 0 fully saturated rings. The van der Waals surface area contributed by atoms with E-state index in [1.54, 1.807) is 24.3 Å². The van der Waals surface area contributed by atoms with E-state index in [0.717, 1.165) is 49.0 Å². The number of hydrogen-bond donors (Lipinski definition) is 2. The number of ether oxygens (including phenoxy) is 4. The fourth-order valence-corrected chi connectivity index (χ4v) is 4.53. The Morgan fingerprint density at radius 3 is 2.20 bits per heavy atom. The van der Waals surface area contributed by atoms with E-state index in [2.05, 4.69) is 6.92 Å². The molecule has 0 aliphatic carbocycles. The highest BCUT2D eigenvalue weighted by molar-refractivity contribution is 6.00. The number of aryl methyl sites for hydroxylation is 1. The Morgan fingerprint density at radius 1 is 0.829 bits per heavy atom. The summed E-state index contributed by atoms with van der Waals surface area (Å²) in [6, 6.07) is 9.06. The van der Waals surface area contributed by atoms with Crippen LogP contribution in [0.2, 0.25) is 0 Å². The van der Waals surface area contributed by atoms with Crippen LogP contribution in [0.15, 0.2) is 30.3 Å². The number of carboxylic acids is 2. The first kappa shape index (κ1) is 33.4. The molecule has 1 aliphatic rings. The van der Waals surface area contributed by atoms with Gasteiger partial charge in [0.2, 0.25) is 0 Å². The smallest absolute Gasteiger partial charge is 0.303 e. The number of carboxylic acid groups (broad SMARTS) is 2. The maximum atomic E-state index is 12.2. The molecule has 0 saturated carbocycles. The summed E-state index contributed by atoms with van der Waals surface area (Å²) in [6.07, 6.45) is 6.25. The molecule has 41 heavy (non-hydrogen) atoms. The molecule has 10 heteroatoms. The van der Waals surface area contributed by atoms with Crippen LogP contribution in [0.4, 0.5) is 0 Å². The van der Waals surface area contributed by atoms with Crippen molar-refractivity contribution >= 4 is 17.7 Å². The first-order valence-electron chi connectivity index (χ1n) is 14.2. The third kappa shape index (κ3) is 11.0. The molecule has 0 bridgehead atoms. The van der Waals surface area contributed by atoms with Crippen molar-refractivity contribution in [2.45, 2.75) is 77.6 Å². The van der Waals surface area contributed by atoms with Gasteiger partial charge in [0.05, 0.1) is 32.0 Å². The summed E-state index contributed by atoms with van der Waals surface area (Å²) in [5, 5.41) is 17.8. The number of carbonyl (C=O) groups excluding carboxylic acids is 1. The molecule has 0 atom stereocenters. The molecule has 0 amide bonds. The Kier molecular flexibility index (Phi) is 14.5. The molecular weight excluding hydrogens is 532 g/mol. The molecule has 0 spiro atoms. The third-order valence-corrected chi connectivity index (χ3v) is 6.59. The number of unbranched alkanes of at least 4 members (excludes halogenated alkanes) is 3. The lowest BCUT2D eigenvalue weighted by Crippen LogP contribution is -2.17. The third-order valence-electron chi connectivity index (χ3n) is 6.59. The van der Waals surface area contributed by atoms with Gasteiger partial charge < -0.3 is 34.6 Å². The van der Waals surface area contributed by atoms with E-state index in [9.17, 15) is 14.4 Å². The monoisotopic (exact) mass is 574 g/mol. The molecule has 0 unspecified atom stereocenters. The number of ketones is 1. The number of aliphatic carboxylic acids is 2. The summed E-state index contributed by atoms with van der Waals surface area (Å²) in [5.41, 5.74) is 2.39. The van der Waals surface area contributed by atoms with Crippen LogP contribution in [0, 0.1) is 0 Å². The molecule has 0 radical (unpaired) electrons. The van der Waals surface area contributed by atoms with E-state index in [4.69, 9.17) is 29.2 Å². The van der Waals surface area contributed by atoms with Crippen molar-refractivity contribution < 1.29 is 49.0 Å². The van der Waals surface area contributed by atoms with Gasteiger partial charge in [-0.1, -0.05) is 13.3 Å². The zero-order chi connectivity index (χ0) is 28.7. The molecule has 0 saturated heterocycles. The van der Waals surface area contributed by atoms with Gasteiger partial charge in [-0.3, -0.25) is 14.4 Å². The van der Waals surface area contributed by atoms with Crippen molar-refractivity contribution in [3.63, 3.8) is 0 Å². The molecule has 10 nitrogen and oxygen atoms in total. The molecule has 1 heterocycles. The second-order valence-corrected chi connectivity index (χ2v) is 9.81. The SMILES string of the molecule is CCCc1c(OCCCCCOc2ccc(OCCCCC(=O)O)cc2CCC(=O)O)ccc2c1OCCC2=O.O. The first-order chi connectivity index (χ1) is 19.4. The van der Waals surface area contributed by atoms with Crippen LogP contribution in [-0.4, -0.2) is 59.8 Å². The Labute approximate surface area is 240 Å². The van der Waals surface area contributed by atoms with Gasteiger partial charge >= 0.3 is 11.9 Å². The van der Waals surface area contributed by atoms with Gasteiger partial charge in [-0.2, -0.15) is 0 Å². The summed E-state index contributed by atoms with van der Waals surface area (Å²) < 4.78 is 23.6. The van der Waals surface area contributed by atoms with Crippen LogP contribution in [0.3, 0.4) is 0 Å². The average Bonchev–Trinajstić information content (AvgIpc) is 2.93.